The topological polar surface area (TPSA) is 106 Å². The summed E-state index contributed by atoms with van der Waals surface area (Å²) < 4.78 is 56.0. The predicted molar refractivity (Wildman–Crippen MR) is 207 cm³/mol. The van der Waals surface area contributed by atoms with Crippen molar-refractivity contribution < 1.29 is 46.6 Å². The molecule has 314 valence electrons. The normalized spacial score (nSPS) is 20.3. The molecule has 0 aliphatic heterocycles. The molecular weight excluding hydrogens is 700 g/mol. The minimum Gasteiger partial charge on any atom is -0.481 e. The van der Waals surface area contributed by atoms with Crippen LogP contribution in [0.15, 0.2) is 0 Å². The fraction of sp³-hybridized carbons (Fsp3) is 0.886. The van der Waals surface area contributed by atoms with Crippen molar-refractivity contribution in [3.8, 4) is 0 Å². The molecule has 0 spiro atoms. The molecule has 0 aromatic heterocycles. The maximum Gasteiger partial charge on any atom is 0.305 e. The average molecular weight is 775 g/mol. The summed E-state index contributed by atoms with van der Waals surface area (Å²) in [6, 6.07) is 0. The van der Waals surface area contributed by atoms with Gasteiger partial charge in [-0.1, -0.05) is 111 Å². The van der Waals surface area contributed by atoms with E-state index in [4.69, 9.17) is 5.11 Å². The molecule has 10 heteroatoms. The SMILES string of the molecule is CCCCCCC(F)(F)C(=O)CC[C@H]1CCC(=O)[C@@H]1CCCCCCC(=O)O.CCCCCCC[C@H]1C(=O)CC[C@@H]1CCC(=O)C(F)(F)CCCCCC. The Labute approximate surface area is 324 Å². The van der Waals surface area contributed by atoms with Gasteiger partial charge in [-0.15, -0.1) is 0 Å². The number of rotatable bonds is 31. The largest absolute Gasteiger partial charge is 0.481 e. The number of carboxylic acids is 1. The zero-order valence-electron chi connectivity index (χ0n) is 34.0. The second kappa shape index (κ2) is 28.3. The Morgan fingerprint density at radius 1 is 0.519 bits per heavy atom. The van der Waals surface area contributed by atoms with Crippen LogP contribution in [-0.2, 0) is 24.0 Å². The average Bonchev–Trinajstić information content (AvgIpc) is 3.67. The number of halogens is 4. The Balaban J connectivity index is 0.000000541. The molecular formula is C44H74F4O6. The first-order chi connectivity index (χ1) is 25.7. The van der Waals surface area contributed by atoms with Crippen LogP contribution < -0.4 is 0 Å². The first kappa shape index (κ1) is 49.9. The summed E-state index contributed by atoms with van der Waals surface area (Å²) in [6.45, 7) is 6.22. The third kappa shape index (κ3) is 20.7. The summed E-state index contributed by atoms with van der Waals surface area (Å²) in [6.07, 6.45) is 19.2. The van der Waals surface area contributed by atoms with Crippen molar-refractivity contribution in [1.82, 2.24) is 0 Å². The van der Waals surface area contributed by atoms with Gasteiger partial charge in [-0.25, -0.2) is 0 Å². The minimum atomic E-state index is -3.24. The van der Waals surface area contributed by atoms with Gasteiger partial charge in [0, 0.05) is 56.8 Å². The van der Waals surface area contributed by atoms with Crippen molar-refractivity contribution in [3.63, 3.8) is 0 Å². The number of carbonyl (C=O) groups excluding carboxylic acids is 4. The molecule has 0 radical (unpaired) electrons. The molecule has 2 saturated carbocycles. The molecule has 6 nitrogen and oxygen atoms in total. The second-order valence-electron chi connectivity index (χ2n) is 16.2. The first-order valence-electron chi connectivity index (χ1n) is 21.8. The van der Waals surface area contributed by atoms with E-state index in [1.54, 1.807) is 0 Å². The fourth-order valence-corrected chi connectivity index (χ4v) is 8.23. The van der Waals surface area contributed by atoms with Gasteiger partial charge in [0.05, 0.1) is 0 Å². The zero-order chi connectivity index (χ0) is 40.4. The number of ketones is 4. The van der Waals surface area contributed by atoms with Crippen molar-refractivity contribution >= 4 is 29.1 Å². The van der Waals surface area contributed by atoms with E-state index in [0.29, 0.717) is 51.4 Å². The standard InChI is InChI=1S/C22H36F2O4.C22H38F2O2/c1-2-3-4-9-16-22(23,24)20(26)15-13-17-12-14-19(25)18(17)10-7-5-6-8-11-21(27)28;1-3-5-7-9-10-12-19-18(13-15-20(19)25)14-16-21(26)22(23,24)17-11-8-6-4-2/h17-18H,2-16H2,1H3,(H,27,28);18-19H,3-17H2,1-2H3/t17-,18-;18-,19-/m11/s1. The molecule has 0 amide bonds. The highest BCUT2D eigenvalue weighted by Gasteiger charge is 2.41. The number of hydrogen-bond donors (Lipinski definition) is 1. The van der Waals surface area contributed by atoms with Crippen LogP contribution in [0, 0.1) is 23.7 Å². The lowest BCUT2D eigenvalue weighted by Crippen LogP contribution is -2.29. The van der Waals surface area contributed by atoms with E-state index in [-0.39, 0.29) is 67.3 Å². The van der Waals surface area contributed by atoms with Crippen molar-refractivity contribution in [3.05, 3.63) is 0 Å². The Morgan fingerprint density at radius 2 is 0.870 bits per heavy atom. The minimum absolute atomic E-state index is 0.00241. The third-order valence-corrected chi connectivity index (χ3v) is 11.8. The number of carbonyl (C=O) groups is 5. The Hall–Kier alpha value is -2.13. The van der Waals surface area contributed by atoms with E-state index in [9.17, 15) is 41.5 Å². The first-order valence-corrected chi connectivity index (χ1v) is 21.8. The van der Waals surface area contributed by atoms with E-state index >= 15 is 0 Å². The van der Waals surface area contributed by atoms with Gasteiger partial charge in [0.2, 0.25) is 11.6 Å². The van der Waals surface area contributed by atoms with Crippen molar-refractivity contribution in [2.24, 2.45) is 23.7 Å². The van der Waals surface area contributed by atoms with Gasteiger partial charge in [-0.05, 0) is 69.6 Å². The van der Waals surface area contributed by atoms with Gasteiger partial charge < -0.3 is 5.11 Å². The van der Waals surface area contributed by atoms with Crippen LogP contribution in [0.4, 0.5) is 17.6 Å². The van der Waals surface area contributed by atoms with Crippen LogP contribution in [0.25, 0.3) is 0 Å². The zero-order valence-corrected chi connectivity index (χ0v) is 34.0. The molecule has 0 heterocycles. The highest BCUT2D eigenvalue weighted by molar-refractivity contribution is 5.87. The van der Waals surface area contributed by atoms with Crippen LogP contribution in [0.5, 0.6) is 0 Å². The summed E-state index contributed by atoms with van der Waals surface area (Å²) in [5.74, 6) is -8.60. The van der Waals surface area contributed by atoms with Gasteiger partial charge >= 0.3 is 17.8 Å². The summed E-state index contributed by atoms with van der Waals surface area (Å²) in [5, 5.41) is 8.62. The molecule has 0 bridgehead atoms. The molecule has 2 fully saturated rings. The predicted octanol–water partition coefficient (Wildman–Crippen LogP) is 12.9. The number of aliphatic carboxylic acids is 1. The molecule has 0 saturated heterocycles. The van der Waals surface area contributed by atoms with Gasteiger partial charge in [0.15, 0.2) is 0 Å². The molecule has 1 N–H and O–H groups in total. The van der Waals surface area contributed by atoms with Crippen molar-refractivity contribution in [2.75, 3.05) is 0 Å². The van der Waals surface area contributed by atoms with E-state index in [1.165, 1.54) is 19.3 Å². The van der Waals surface area contributed by atoms with E-state index in [1.807, 2.05) is 13.8 Å². The van der Waals surface area contributed by atoms with Gasteiger partial charge in [-0.3, -0.25) is 24.0 Å². The van der Waals surface area contributed by atoms with Crippen molar-refractivity contribution in [2.45, 2.75) is 225 Å². The second-order valence-corrected chi connectivity index (χ2v) is 16.2. The van der Waals surface area contributed by atoms with Gasteiger partial charge in [0.1, 0.15) is 11.6 Å². The Morgan fingerprint density at radius 3 is 1.24 bits per heavy atom. The molecule has 0 aromatic rings. The van der Waals surface area contributed by atoms with Crippen molar-refractivity contribution in [1.29, 1.82) is 0 Å². The Bertz CT molecular complexity index is 1090. The molecule has 0 unspecified atom stereocenters. The molecule has 2 aliphatic carbocycles. The van der Waals surface area contributed by atoms with Gasteiger partial charge in [-0.2, -0.15) is 17.6 Å². The fourth-order valence-electron chi connectivity index (χ4n) is 8.23. The summed E-state index contributed by atoms with van der Waals surface area (Å²) in [5.41, 5.74) is 0. The molecule has 2 rings (SSSR count). The quantitative estimate of drug-likeness (QED) is 0.0555. The third-order valence-electron chi connectivity index (χ3n) is 11.8. The number of carboxylic acid groups (broad SMARTS) is 1. The summed E-state index contributed by atoms with van der Waals surface area (Å²) in [7, 11) is 0. The molecule has 2 aliphatic rings. The van der Waals surface area contributed by atoms with Crippen LogP contribution in [0.2, 0.25) is 0 Å². The summed E-state index contributed by atoms with van der Waals surface area (Å²) >= 11 is 0. The number of alkyl halides is 4. The molecule has 0 aromatic carbocycles. The van der Waals surface area contributed by atoms with Gasteiger partial charge in [0.25, 0.3) is 0 Å². The highest BCUT2D eigenvalue weighted by Crippen LogP contribution is 2.38. The van der Waals surface area contributed by atoms with E-state index < -0.39 is 29.4 Å². The lowest BCUT2D eigenvalue weighted by Gasteiger charge is -2.20. The van der Waals surface area contributed by atoms with E-state index in [2.05, 4.69) is 6.92 Å². The number of unbranched alkanes of at least 4 members (excludes halogenated alkanes) is 13. The monoisotopic (exact) mass is 775 g/mol. The van der Waals surface area contributed by atoms with Crippen LogP contribution >= 0.6 is 0 Å². The molecule has 54 heavy (non-hydrogen) atoms. The number of hydrogen-bond acceptors (Lipinski definition) is 5. The highest BCUT2D eigenvalue weighted by atomic mass is 19.3. The number of Topliss-reactive ketones (excluding diaryl/α,β-unsaturated/α-hetero) is 4. The summed E-state index contributed by atoms with van der Waals surface area (Å²) in [4.78, 5) is 58.7. The maximum atomic E-state index is 14.0. The Kier molecular flexibility index (Phi) is 26.1. The van der Waals surface area contributed by atoms with E-state index in [0.717, 1.165) is 89.9 Å². The maximum absolute atomic E-state index is 14.0. The lowest BCUT2D eigenvalue weighted by molar-refractivity contribution is -0.144. The lowest BCUT2D eigenvalue weighted by atomic mass is 9.85. The van der Waals surface area contributed by atoms with Crippen LogP contribution in [-0.4, -0.2) is 46.1 Å². The smallest absolute Gasteiger partial charge is 0.305 e. The van der Waals surface area contributed by atoms with Crippen LogP contribution in [0.3, 0.4) is 0 Å². The van der Waals surface area contributed by atoms with Crippen LogP contribution in [0.1, 0.15) is 213 Å². The molecule has 4 atom stereocenters.